The number of methoxy groups -OCH3 is 1. The van der Waals surface area contributed by atoms with Crippen LogP contribution in [-0.4, -0.2) is 18.6 Å². The van der Waals surface area contributed by atoms with Crippen molar-refractivity contribution in [2.24, 2.45) is 0 Å². The van der Waals surface area contributed by atoms with E-state index < -0.39 is 0 Å². The van der Waals surface area contributed by atoms with Gasteiger partial charge in [-0.15, -0.1) is 0 Å². The summed E-state index contributed by atoms with van der Waals surface area (Å²) >= 11 is 0. The second-order valence-corrected chi connectivity index (χ2v) is 5.57. The molecule has 0 radical (unpaired) electrons. The predicted octanol–water partition coefficient (Wildman–Crippen LogP) is 4.64. The Morgan fingerprint density at radius 3 is 2.62 bits per heavy atom. The van der Waals surface area contributed by atoms with E-state index in [1.165, 1.54) is 12.1 Å². The van der Waals surface area contributed by atoms with E-state index in [0.717, 1.165) is 35.3 Å². The highest BCUT2D eigenvalue weighted by Gasteiger charge is 2.18. The number of pyridine rings is 1. The third-order valence-corrected chi connectivity index (χ3v) is 3.60. The summed E-state index contributed by atoms with van der Waals surface area (Å²) in [5, 5.41) is 4.23. The Balaban J connectivity index is 2.82. The summed E-state index contributed by atoms with van der Waals surface area (Å²) in [6.45, 7) is 9.21. The van der Waals surface area contributed by atoms with Gasteiger partial charge in [0.15, 0.2) is 0 Å². The number of rotatable bonds is 5. The second-order valence-electron chi connectivity index (χ2n) is 5.57. The maximum absolute atomic E-state index is 13.9. The molecule has 2 aromatic rings. The summed E-state index contributed by atoms with van der Waals surface area (Å²) < 4.78 is 19.2. The molecule has 114 valence electrons. The van der Waals surface area contributed by atoms with Gasteiger partial charge in [0.05, 0.1) is 7.11 Å². The predicted molar refractivity (Wildman–Crippen MR) is 85.9 cm³/mol. The maximum Gasteiger partial charge on any atom is 0.148 e. The highest BCUT2D eigenvalue weighted by Crippen LogP contribution is 2.37. The Bertz CT molecular complexity index is 653. The molecule has 0 aliphatic carbocycles. The van der Waals surface area contributed by atoms with Gasteiger partial charge in [-0.05, 0) is 30.9 Å². The first-order valence-electron chi connectivity index (χ1n) is 7.41. The van der Waals surface area contributed by atoms with E-state index in [4.69, 9.17) is 4.74 Å². The molecule has 3 nitrogen and oxygen atoms in total. The summed E-state index contributed by atoms with van der Waals surface area (Å²) in [6.07, 6.45) is 1.01. The minimum atomic E-state index is -0.306. The quantitative estimate of drug-likeness (QED) is 0.871. The summed E-state index contributed by atoms with van der Waals surface area (Å²) in [4.78, 5) is 4.65. The molecule has 1 heterocycles. The molecule has 0 fully saturated rings. The average molecular weight is 290 g/mol. The normalized spacial score (nSPS) is 11.2. The van der Waals surface area contributed by atoms with Crippen LogP contribution < -0.4 is 10.1 Å². The van der Waals surface area contributed by atoms with E-state index in [1.54, 1.807) is 7.11 Å². The Hall–Kier alpha value is -1.84. The number of anilines is 1. The average Bonchev–Trinajstić information content (AvgIpc) is 2.43. The molecule has 0 aliphatic rings. The van der Waals surface area contributed by atoms with Crippen LogP contribution >= 0.6 is 0 Å². The third-order valence-electron chi connectivity index (χ3n) is 3.60. The summed E-state index contributed by atoms with van der Waals surface area (Å²) in [6, 6.07) is 2.92. The van der Waals surface area contributed by atoms with Crippen LogP contribution in [0, 0.1) is 12.7 Å². The molecule has 0 aliphatic heterocycles. The monoisotopic (exact) mass is 290 g/mol. The number of halogens is 1. The maximum atomic E-state index is 13.9. The fourth-order valence-corrected chi connectivity index (χ4v) is 2.74. The number of hydrogen-bond acceptors (Lipinski definition) is 3. The van der Waals surface area contributed by atoms with Crippen molar-refractivity contribution in [3.05, 3.63) is 29.2 Å². The van der Waals surface area contributed by atoms with Gasteiger partial charge >= 0.3 is 0 Å². The Kier molecular flexibility index (Phi) is 4.66. The molecule has 1 N–H and O–H groups in total. The molecule has 0 spiro atoms. The molecule has 4 heteroatoms. The molecule has 0 saturated carbocycles. The molecule has 1 aromatic carbocycles. The Morgan fingerprint density at radius 2 is 2.05 bits per heavy atom. The van der Waals surface area contributed by atoms with Gasteiger partial charge in [-0.3, -0.25) is 0 Å². The lowest BCUT2D eigenvalue weighted by molar-refractivity contribution is 0.415. The highest BCUT2D eigenvalue weighted by molar-refractivity contribution is 5.97. The minimum absolute atomic E-state index is 0.306. The Morgan fingerprint density at radius 1 is 1.33 bits per heavy atom. The number of ether oxygens (including phenoxy) is 1. The molecule has 2 rings (SSSR count). The van der Waals surface area contributed by atoms with Gasteiger partial charge in [0, 0.05) is 29.4 Å². The fourth-order valence-electron chi connectivity index (χ4n) is 2.74. The summed E-state index contributed by atoms with van der Waals surface area (Å²) in [7, 11) is 1.54. The SMILES string of the molecule is CCCNc1c(C(C)C)c(C)nc2c(OC)cc(F)cc12. The van der Waals surface area contributed by atoms with Crippen LogP contribution in [-0.2, 0) is 0 Å². The van der Waals surface area contributed by atoms with E-state index in [1.807, 2.05) is 6.92 Å². The van der Waals surface area contributed by atoms with Crippen molar-refractivity contribution in [3.63, 3.8) is 0 Å². The van der Waals surface area contributed by atoms with Crippen LogP contribution in [0.1, 0.15) is 44.4 Å². The zero-order valence-corrected chi connectivity index (χ0v) is 13.4. The molecule has 0 unspecified atom stereocenters. The number of benzene rings is 1. The van der Waals surface area contributed by atoms with E-state index in [2.05, 4.69) is 31.1 Å². The summed E-state index contributed by atoms with van der Waals surface area (Å²) in [5.74, 6) is 0.484. The van der Waals surface area contributed by atoms with E-state index in [-0.39, 0.29) is 5.82 Å². The van der Waals surface area contributed by atoms with Gasteiger partial charge < -0.3 is 10.1 Å². The van der Waals surface area contributed by atoms with Crippen LogP contribution in [0.25, 0.3) is 10.9 Å². The van der Waals surface area contributed by atoms with Crippen LogP contribution in [0.3, 0.4) is 0 Å². The minimum Gasteiger partial charge on any atom is -0.494 e. The standard InChI is InChI=1S/C17H23FN2O/c1-6-7-19-17-13-8-12(18)9-14(21-5)16(13)20-11(4)15(17)10(2)3/h8-10H,6-7H2,1-5H3,(H,19,20). The lowest BCUT2D eigenvalue weighted by Crippen LogP contribution is -2.08. The van der Waals surface area contributed by atoms with Crippen LogP contribution in [0.2, 0.25) is 0 Å². The topological polar surface area (TPSA) is 34.2 Å². The number of hydrogen-bond donors (Lipinski definition) is 1. The van der Waals surface area contributed by atoms with Crippen LogP contribution in [0.15, 0.2) is 12.1 Å². The molecule has 0 amide bonds. The van der Waals surface area contributed by atoms with Crippen molar-refractivity contribution in [1.29, 1.82) is 0 Å². The lowest BCUT2D eigenvalue weighted by Gasteiger charge is -2.20. The van der Waals surface area contributed by atoms with Gasteiger partial charge in [0.2, 0.25) is 0 Å². The second kappa shape index (κ2) is 6.29. The number of fused-ring (bicyclic) bond motifs is 1. The smallest absolute Gasteiger partial charge is 0.148 e. The Labute approximate surface area is 125 Å². The van der Waals surface area contributed by atoms with Crippen molar-refractivity contribution in [2.45, 2.75) is 40.0 Å². The molecule has 1 aromatic heterocycles. The van der Waals surface area contributed by atoms with Crippen molar-refractivity contribution in [1.82, 2.24) is 4.98 Å². The van der Waals surface area contributed by atoms with Gasteiger partial charge in [-0.25, -0.2) is 9.37 Å². The summed E-state index contributed by atoms with van der Waals surface area (Å²) in [5.41, 5.74) is 3.79. The molecule has 0 bridgehead atoms. The van der Waals surface area contributed by atoms with E-state index in [0.29, 0.717) is 17.2 Å². The van der Waals surface area contributed by atoms with Crippen LogP contribution in [0.5, 0.6) is 5.75 Å². The van der Waals surface area contributed by atoms with Gasteiger partial charge in [0.25, 0.3) is 0 Å². The van der Waals surface area contributed by atoms with Crippen molar-refractivity contribution >= 4 is 16.6 Å². The number of nitrogens with one attached hydrogen (secondary N) is 1. The van der Waals surface area contributed by atoms with Crippen LogP contribution in [0.4, 0.5) is 10.1 Å². The largest absolute Gasteiger partial charge is 0.494 e. The first-order valence-corrected chi connectivity index (χ1v) is 7.41. The fraction of sp³-hybridized carbons (Fsp3) is 0.471. The number of aromatic nitrogens is 1. The third kappa shape index (κ3) is 2.94. The van der Waals surface area contributed by atoms with Crippen molar-refractivity contribution in [3.8, 4) is 5.75 Å². The molecular formula is C17H23FN2O. The van der Waals surface area contributed by atoms with Crippen molar-refractivity contribution in [2.75, 3.05) is 19.0 Å². The first-order chi connectivity index (χ1) is 9.99. The van der Waals surface area contributed by atoms with E-state index >= 15 is 0 Å². The molecular weight excluding hydrogens is 267 g/mol. The zero-order chi connectivity index (χ0) is 15.6. The zero-order valence-electron chi connectivity index (χ0n) is 13.4. The van der Waals surface area contributed by atoms with Gasteiger partial charge in [-0.1, -0.05) is 20.8 Å². The van der Waals surface area contributed by atoms with E-state index in [9.17, 15) is 4.39 Å². The molecule has 0 atom stereocenters. The number of aryl methyl sites for hydroxylation is 1. The first kappa shape index (κ1) is 15.5. The van der Waals surface area contributed by atoms with Crippen molar-refractivity contribution < 1.29 is 9.13 Å². The van der Waals surface area contributed by atoms with Gasteiger partial charge in [-0.2, -0.15) is 0 Å². The lowest BCUT2D eigenvalue weighted by atomic mass is 9.96. The number of nitrogens with zero attached hydrogens (tertiary/aromatic N) is 1. The molecule has 0 saturated heterocycles. The molecule has 21 heavy (non-hydrogen) atoms. The highest BCUT2D eigenvalue weighted by atomic mass is 19.1. The van der Waals surface area contributed by atoms with Gasteiger partial charge in [0.1, 0.15) is 17.1 Å².